The molecule has 2 unspecified atom stereocenters. The Morgan fingerprint density at radius 2 is 2.10 bits per heavy atom. The molecule has 0 spiro atoms. The number of aryl methyl sites for hydroxylation is 1. The highest BCUT2D eigenvalue weighted by Crippen LogP contribution is 2.32. The van der Waals surface area contributed by atoms with E-state index in [1.165, 1.54) is 11.3 Å². The zero-order valence-electron chi connectivity index (χ0n) is 13.9. The molecular weight excluding hydrogens is 258 g/mol. The molecule has 21 heavy (non-hydrogen) atoms. The summed E-state index contributed by atoms with van der Waals surface area (Å²) in [7, 11) is 0. The van der Waals surface area contributed by atoms with E-state index in [1.807, 2.05) is 0 Å². The molecule has 1 fully saturated rings. The number of ketones is 1. The predicted octanol–water partition coefficient (Wildman–Crippen LogP) is 4.46. The van der Waals surface area contributed by atoms with Crippen LogP contribution in [0, 0.1) is 24.7 Å². The molecule has 0 radical (unpaired) electrons. The van der Waals surface area contributed by atoms with E-state index in [0.29, 0.717) is 17.6 Å². The SMILES string of the molecule is CCN(CC1CC(C(C)C)CCC1=O)c1cccc(C)c1. The maximum atomic E-state index is 12.3. The van der Waals surface area contributed by atoms with Gasteiger partial charge in [-0.15, -0.1) is 0 Å². The van der Waals surface area contributed by atoms with Gasteiger partial charge in [0.05, 0.1) is 0 Å². The van der Waals surface area contributed by atoms with Crippen LogP contribution in [0.25, 0.3) is 0 Å². The van der Waals surface area contributed by atoms with Crippen LogP contribution in [0.15, 0.2) is 24.3 Å². The van der Waals surface area contributed by atoms with Gasteiger partial charge in [0.25, 0.3) is 0 Å². The fourth-order valence-electron chi connectivity index (χ4n) is 3.44. The molecule has 1 saturated carbocycles. The number of hydrogen-bond donors (Lipinski definition) is 0. The average Bonchev–Trinajstić information content (AvgIpc) is 2.46. The van der Waals surface area contributed by atoms with Gasteiger partial charge in [-0.05, 0) is 56.2 Å². The van der Waals surface area contributed by atoms with E-state index in [4.69, 9.17) is 0 Å². The molecule has 116 valence electrons. The molecule has 0 aromatic heterocycles. The molecule has 2 atom stereocenters. The van der Waals surface area contributed by atoms with Crippen LogP contribution in [0.5, 0.6) is 0 Å². The van der Waals surface area contributed by atoms with Crippen molar-refractivity contribution in [1.29, 1.82) is 0 Å². The standard InChI is InChI=1S/C19H29NO/c1-5-20(18-8-6-7-15(4)11-18)13-17-12-16(14(2)3)9-10-19(17)21/h6-8,11,14,16-17H,5,9-10,12-13H2,1-4H3. The molecule has 0 heterocycles. The van der Waals surface area contributed by atoms with Gasteiger partial charge >= 0.3 is 0 Å². The zero-order chi connectivity index (χ0) is 15.4. The molecule has 1 aromatic carbocycles. The topological polar surface area (TPSA) is 20.3 Å². The monoisotopic (exact) mass is 287 g/mol. The van der Waals surface area contributed by atoms with Crippen molar-refractivity contribution in [3.63, 3.8) is 0 Å². The number of rotatable bonds is 5. The Bertz CT molecular complexity index is 480. The second-order valence-corrected chi connectivity index (χ2v) is 6.82. The summed E-state index contributed by atoms with van der Waals surface area (Å²) in [6.07, 6.45) is 2.93. The second-order valence-electron chi connectivity index (χ2n) is 6.82. The van der Waals surface area contributed by atoms with Gasteiger partial charge < -0.3 is 4.90 Å². The second kappa shape index (κ2) is 7.11. The Kier molecular flexibility index (Phi) is 5.44. The van der Waals surface area contributed by atoms with Crippen LogP contribution in [-0.4, -0.2) is 18.9 Å². The molecule has 0 aliphatic heterocycles. The van der Waals surface area contributed by atoms with Crippen molar-refractivity contribution in [3.8, 4) is 0 Å². The van der Waals surface area contributed by atoms with E-state index in [1.54, 1.807) is 0 Å². The average molecular weight is 287 g/mol. The summed E-state index contributed by atoms with van der Waals surface area (Å²) in [5, 5.41) is 0. The van der Waals surface area contributed by atoms with Crippen molar-refractivity contribution in [2.24, 2.45) is 17.8 Å². The van der Waals surface area contributed by atoms with Gasteiger partial charge in [0.1, 0.15) is 5.78 Å². The van der Waals surface area contributed by atoms with Crippen molar-refractivity contribution in [2.75, 3.05) is 18.0 Å². The van der Waals surface area contributed by atoms with Crippen LogP contribution >= 0.6 is 0 Å². The molecule has 2 nitrogen and oxygen atoms in total. The smallest absolute Gasteiger partial charge is 0.137 e. The number of carbonyl (C=O) groups excluding carboxylic acids is 1. The Hall–Kier alpha value is -1.31. The lowest BCUT2D eigenvalue weighted by atomic mass is 9.75. The van der Waals surface area contributed by atoms with Gasteiger partial charge in [-0.3, -0.25) is 4.79 Å². The van der Waals surface area contributed by atoms with Gasteiger partial charge in [-0.1, -0.05) is 26.0 Å². The van der Waals surface area contributed by atoms with E-state index >= 15 is 0 Å². The molecule has 0 bridgehead atoms. The minimum absolute atomic E-state index is 0.214. The molecule has 0 saturated heterocycles. The molecule has 2 rings (SSSR count). The maximum Gasteiger partial charge on any atom is 0.137 e. The number of Topliss-reactive ketones (excluding diaryl/α,β-unsaturated/α-hetero) is 1. The molecule has 1 aliphatic rings. The molecule has 1 aromatic rings. The van der Waals surface area contributed by atoms with Crippen LogP contribution in [-0.2, 0) is 4.79 Å². The Morgan fingerprint density at radius 1 is 1.33 bits per heavy atom. The summed E-state index contributed by atoms with van der Waals surface area (Å²) in [5.41, 5.74) is 2.53. The van der Waals surface area contributed by atoms with E-state index in [9.17, 15) is 4.79 Å². The van der Waals surface area contributed by atoms with Gasteiger partial charge in [0, 0.05) is 31.1 Å². The van der Waals surface area contributed by atoms with Crippen molar-refractivity contribution in [3.05, 3.63) is 29.8 Å². The fraction of sp³-hybridized carbons (Fsp3) is 0.632. The highest BCUT2D eigenvalue weighted by molar-refractivity contribution is 5.82. The number of nitrogens with zero attached hydrogens (tertiary/aromatic N) is 1. The Morgan fingerprint density at radius 3 is 2.71 bits per heavy atom. The van der Waals surface area contributed by atoms with Crippen LogP contribution in [0.1, 0.15) is 45.6 Å². The first-order valence-electron chi connectivity index (χ1n) is 8.35. The van der Waals surface area contributed by atoms with E-state index in [2.05, 4.69) is 56.9 Å². The molecule has 0 N–H and O–H groups in total. The van der Waals surface area contributed by atoms with E-state index in [0.717, 1.165) is 32.4 Å². The third-order valence-corrected chi connectivity index (χ3v) is 4.94. The number of carbonyl (C=O) groups is 1. The molecule has 2 heteroatoms. The van der Waals surface area contributed by atoms with Crippen molar-refractivity contribution in [1.82, 2.24) is 0 Å². The van der Waals surface area contributed by atoms with Crippen LogP contribution < -0.4 is 4.90 Å². The molecular formula is C19H29NO. The number of anilines is 1. The Labute approximate surface area is 129 Å². The predicted molar refractivity (Wildman–Crippen MR) is 89.7 cm³/mol. The molecule has 0 amide bonds. The highest BCUT2D eigenvalue weighted by Gasteiger charge is 2.31. The minimum Gasteiger partial charge on any atom is -0.371 e. The van der Waals surface area contributed by atoms with Gasteiger partial charge in [-0.2, -0.15) is 0 Å². The van der Waals surface area contributed by atoms with Crippen molar-refractivity contribution >= 4 is 11.5 Å². The first-order valence-corrected chi connectivity index (χ1v) is 8.35. The van der Waals surface area contributed by atoms with Gasteiger partial charge in [0.15, 0.2) is 0 Å². The summed E-state index contributed by atoms with van der Waals surface area (Å²) in [4.78, 5) is 14.6. The fourth-order valence-corrected chi connectivity index (χ4v) is 3.44. The van der Waals surface area contributed by atoms with E-state index < -0.39 is 0 Å². The third-order valence-electron chi connectivity index (χ3n) is 4.94. The Balaban J connectivity index is 2.08. The quantitative estimate of drug-likeness (QED) is 0.796. The maximum absolute atomic E-state index is 12.3. The lowest BCUT2D eigenvalue weighted by molar-refractivity contribution is -0.125. The van der Waals surface area contributed by atoms with Crippen molar-refractivity contribution < 1.29 is 4.79 Å². The van der Waals surface area contributed by atoms with Crippen LogP contribution in [0.2, 0.25) is 0 Å². The summed E-state index contributed by atoms with van der Waals surface area (Å²) in [5.74, 6) is 2.09. The van der Waals surface area contributed by atoms with E-state index in [-0.39, 0.29) is 5.92 Å². The summed E-state index contributed by atoms with van der Waals surface area (Å²) < 4.78 is 0. The lowest BCUT2D eigenvalue weighted by Gasteiger charge is -2.34. The molecule has 1 aliphatic carbocycles. The third kappa shape index (κ3) is 4.09. The highest BCUT2D eigenvalue weighted by atomic mass is 16.1. The lowest BCUT2D eigenvalue weighted by Crippen LogP contribution is -2.37. The summed E-state index contributed by atoms with van der Waals surface area (Å²) in [6, 6.07) is 8.60. The first-order chi connectivity index (χ1) is 10.0. The number of hydrogen-bond acceptors (Lipinski definition) is 2. The normalized spacial score (nSPS) is 22.6. The summed E-state index contributed by atoms with van der Waals surface area (Å²) in [6.45, 7) is 10.7. The van der Waals surface area contributed by atoms with Gasteiger partial charge in [0.2, 0.25) is 0 Å². The summed E-state index contributed by atoms with van der Waals surface area (Å²) >= 11 is 0. The van der Waals surface area contributed by atoms with Gasteiger partial charge in [-0.25, -0.2) is 0 Å². The number of benzene rings is 1. The first kappa shape index (κ1) is 16.1. The van der Waals surface area contributed by atoms with Crippen molar-refractivity contribution in [2.45, 2.75) is 47.0 Å². The zero-order valence-corrected chi connectivity index (χ0v) is 13.9. The minimum atomic E-state index is 0.214. The van der Waals surface area contributed by atoms with Crippen LogP contribution in [0.4, 0.5) is 5.69 Å². The largest absolute Gasteiger partial charge is 0.371 e. The van der Waals surface area contributed by atoms with Crippen LogP contribution in [0.3, 0.4) is 0 Å².